The Kier molecular flexibility index (Phi) is 4.65. The van der Waals surface area contributed by atoms with Gasteiger partial charge in [0, 0.05) is 35.6 Å². The van der Waals surface area contributed by atoms with E-state index >= 15 is 0 Å². The molecular weight excluding hydrogens is 345 g/mol. The Labute approximate surface area is 146 Å². The van der Waals surface area contributed by atoms with E-state index in [-0.39, 0.29) is 16.5 Å². The maximum Gasteiger partial charge on any atom is 0.341 e. The van der Waals surface area contributed by atoms with Crippen molar-refractivity contribution in [1.29, 1.82) is 0 Å². The highest BCUT2D eigenvalue weighted by Crippen LogP contribution is 2.28. The fourth-order valence-corrected chi connectivity index (χ4v) is 3.49. The number of hydrogen-bond donors (Lipinski definition) is 2. The minimum Gasteiger partial charge on any atom is -0.477 e. The van der Waals surface area contributed by atoms with E-state index < -0.39 is 17.2 Å². The van der Waals surface area contributed by atoms with E-state index in [0.717, 1.165) is 11.1 Å². The Hall–Kier alpha value is -2.58. The van der Waals surface area contributed by atoms with Crippen molar-refractivity contribution in [2.45, 2.75) is 20.0 Å². The van der Waals surface area contributed by atoms with E-state index in [1.165, 1.54) is 17.5 Å². The van der Waals surface area contributed by atoms with Gasteiger partial charge in [0.05, 0.1) is 11.2 Å². The molecule has 130 valence electrons. The van der Waals surface area contributed by atoms with Crippen molar-refractivity contribution in [3.63, 3.8) is 0 Å². The first-order valence-corrected chi connectivity index (χ1v) is 8.53. The summed E-state index contributed by atoms with van der Waals surface area (Å²) in [4.78, 5) is 28.0. The average molecular weight is 361 g/mol. The van der Waals surface area contributed by atoms with E-state index in [1.807, 2.05) is 6.92 Å². The zero-order valence-electron chi connectivity index (χ0n) is 13.7. The van der Waals surface area contributed by atoms with Gasteiger partial charge in [-0.3, -0.25) is 4.79 Å². The Bertz CT molecular complexity index is 1030. The van der Waals surface area contributed by atoms with Crippen LogP contribution in [0.2, 0.25) is 0 Å². The van der Waals surface area contributed by atoms with Crippen LogP contribution in [0.5, 0.6) is 0 Å². The van der Waals surface area contributed by atoms with Crippen LogP contribution in [0, 0.1) is 5.82 Å². The summed E-state index contributed by atoms with van der Waals surface area (Å²) in [6.07, 6.45) is 1.29. The Morgan fingerprint density at radius 1 is 1.44 bits per heavy atom. The molecule has 2 aromatic heterocycles. The molecule has 1 aromatic carbocycles. The van der Waals surface area contributed by atoms with Gasteiger partial charge in [0.2, 0.25) is 5.43 Å². The van der Waals surface area contributed by atoms with Crippen molar-refractivity contribution in [3.05, 3.63) is 50.3 Å². The Balaban J connectivity index is 2.26. The largest absolute Gasteiger partial charge is 0.477 e. The van der Waals surface area contributed by atoms with Crippen LogP contribution >= 0.6 is 11.3 Å². The molecule has 0 radical (unpaired) electrons. The van der Waals surface area contributed by atoms with Gasteiger partial charge in [-0.1, -0.05) is 0 Å². The number of halogens is 1. The number of aryl methyl sites for hydroxylation is 1. The molecule has 2 heterocycles. The fourth-order valence-electron chi connectivity index (χ4n) is 2.69. The SMILES string of the molecule is CCn1cc(C(=O)O)c(=O)c2cc(F)c(-c3csc(CNC)n3)cc21. The Morgan fingerprint density at radius 2 is 2.20 bits per heavy atom. The summed E-state index contributed by atoms with van der Waals surface area (Å²) in [5, 5.41) is 14.8. The number of aromatic nitrogens is 2. The standard InChI is InChI=1S/C17H16FN3O3S/c1-3-21-7-11(17(23)24)16(22)10-4-12(18)9(5-14(10)21)13-8-25-15(20-13)6-19-2/h4-5,7-8,19H,3,6H2,1-2H3,(H,23,24). The third kappa shape index (κ3) is 3.06. The lowest BCUT2D eigenvalue weighted by molar-refractivity contribution is 0.0695. The van der Waals surface area contributed by atoms with Gasteiger partial charge in [0.15, 0.2) is 0 Å². The van der Waals surface area contributed by atoms with Gasteiger partial charge in [-0.15, -0.1) is 11.3 Å². The van der Waals surface area contributed by atoms with Gasteiger partial charge in [0.1, 0.15) is 16.4 Å². The number of fused-ring (bicyclic) bond motifs is 1. The molecule has 3 rings (SSSR count). The topological polar surface area (TPSA) is 84.2 Å². The molecule has 0 atom stereocenters. The lowest BCUT2D eigenvalue weighted by atomic mass is 10.1. The van der Waals surface area contributed by atoms with Gasteiger partial charge in [0.25, 0.3) is 0 Å². The quantitative estimate of drug-likeness (QED) is 0.730. The molecule has 0 spiro atoms. The molecule has 0 aliphatic carbocycles. The van der Waals surface area contributed by atoms with Crippen molar-refractivity contribution in [2.24, 2.45) is 0 Å². The minimum atomic E-state index is -1.32. The zero-order valence-corrected chi connectivity index (χ0v) is 14.5. The van der Waals surface area contributed by atoms with Crippen molar-refractivity contribution in [1.82, 2.24) is 14.9 Å². The molecule has 3 aromatic rings. The molecular formula is C17H16FN3O3S. The normalized spacial score (nSPS) is 11.2. The van der Waals surface area contributed by atoms with Crippen LogP contribution in [0.1, 0.15) is 22.3 Å². The van der Waals surface area contributed by atoms with Crippen LogP contribution in [-0.4, -0.2) is 27.7 Å². The molecule has 6 nitrogen and oxygen atoms in total. The van der Waals surface area contributed by atoms with Crippen LogP contribution in [0.25, 0.3) is 22.2 Å². The van der Waals surface area contributed by atoms with Gasteiger partial charge < -0.3 is 15.0 Å². The molecule has 0 saturated heterocycles. The van der Waals surface area contributed by atoms with Crippen LogP contribution in [0.3, 0.4) is 0 Å². The Morgan fingerprint density at radius 3 is 2.84 bits per heavy atom. The number of pyridine rings is 1. The summed E-state index contributed by atoms with van der Waals surface area (Å²) in [6.45, 7) is 2.86. The van der Waals surface area contributed by atoms with E-state index in [4.69, 9.17) is 0 Å². The highest BCUT2D eigenvalue weighted by atomic mass is 32.1. The molecule has 25 heavy (non-hydrogen) atoms. The number of carboxylic acid groups (broad SMARTS) is 1. The number of nitrogens with one attached hydrogen (secondary N) is 1. The third-order valence-corrected chi connectivity index (χ3v) is 4.74. The molecule has 0 aliphatic heterocycles. The number of aromatic carboxylic acids is 1. The van der Waals surface area contributed by atoms with E-state index in [2.05, 4.69) is 10.3 Å². The van der Waals surface area contributed by atoms with Crippen molar-refractivity contribution < 1.29 is 14.3 Å². The molecule has 0 amide bonds. The second kappa shape index (κ2) is 6.73. The van der Waals surface area contributed by atoms with E-state index in [1.54, 1.807) is 23.1 Å². The van der Waals surface area contributed by atoms with Crippen molar-refractivity contribution in [3.8, 4) is 11.3 Å². The van der Waals surface area contributed by atoms with Crippen LogP contribution in [-0.2, 0) is 13.1 Å². The molecule has 2 N–H and O–H groups in total. The third-order valence-electron chi connectivity index (χ3n) is 3.90. The number of rotatable bonds is 5. The molecule has 0 aliphatic rings. The van der Waals surface area contributed by atoms with Crippen LogP contribution in [0.4, 0.5) is 4.39 Å². The maximum atomic E-state index is 14.6. The molecule has 8 heteroatoms. The zero-order chi connectivity index (χ0) is 18.1. The molecule has 0 unspecified atom stereocenters. The summed E-state index contributed by atoms with van der Waals surface area (Å²) in [7, 11) is 1.80. The summed E-state index contributed by atoms with van der Waals surface area (Å²) in [6, 6.07) is 2.65. The highest BCUT2D eigenvalue weighted by Gasteiger charge is 2.18. The number of carboxylic acids is 1. The lowest BCUT2D eigenvalue weighted by Crippen LogP contribution is -2.19. The van der Waals surface area contributed by atoms with Gasteiger partial charge >= 0.3 is 5.97 Å². The second-order valence-electron chi connectivity index (χ2n) is 5.47. The van der Waals surface area contributed by atoms with Crippen molar-refractivity contribution >= 4 is 28.2 Å². The van der Waals surface area contributed by atoms with Gasteiger partial charge in [-0.05, 0) is 26.1 Å². The van der Waals surface area contributed by atoms with Gasteiger partial charge in [-0.25, -0.2) is 14.2 Å². The summed E-state index contributed by atoms with van der Waals surface area (Å²) >= 11 is 1.42. The first kappa shape index (κ1) is 17.2. The number of hydrogen-bond acceptors (Lipinski definition) is 5. The summed E-state index contributed by atoms with van der Waals surface area (Å²) < 4.78 is 16.2. The molecule has 0 bridgehead atoms. The minimum absolute atomic E-state index is 0.0497. The van der Waals surface area contributed by atoms with Crippen LogP contribution < -0.4 is 10.7 Å². The van der Waals surface area contributed by atoms with E-state index in [9.17, 15) is 19.1 Å². The smallest absolute Gasteiger partial charge is 0.341 e. The van der Waals surface area contributed by atoms with Gasteiger partial charge in [-0.2, -0.15) is 0 Å². The first-order chi connectivity index (χ1) is 12.0. The lowest BCUT2D eigenvalue weighted by Gasteiger charge is -2.12. The first-order valence-electron chi connectivity index (χ1n) is 7.65. The van der Waals surface area contributed by atoms with Crippen LogP contribution in [0.15, 0.2) is 28.5 Å². The predicted octanol–water partition coefficient (Wildman–Crippen LogP) is 2.70. The highest BCUT2D eigenvalue weighted by molar-refractivity contribution is 7.09. The predicted molar refractivity (Wildman–Crippen MR) is 94.7 cm³/mol. The van der Waals surface area contributed by atoms with E-state index in [0.29, 0.717) is 24.3 Å². The molecule has 0 fully saturated rings. The number of benzene rings is 1. The molecule has 0 saturated carbocycles. The summed E-state index contributed by atoms with van der Waals surface area (Å²) in [5.74, 6) is -1.93. The fraction of sp³-hybridized carbons (Fsp3) is 0.235. The second-order valence-corrected chi connectivity index (χ2v) is 6.41. The average Bonchev–Trinajstić information content (AvgIpc) is 3.03. The number of nitrogens with zero attached hydrogens (tertiary/aromatic N) is 2. The van der Waals surface area contributed by atoms with Crippen molar-refractivity contribution in [2.75, 3.05) is 7.05 Å². The number of carbonyl (C=O) groups is 1. The number of thiazole rings is 1. The monoisotopic (exact) mass is 361 g/mol. The maximum absolute atomic E-state index is 14.6. The summed E-state index contributed by atoms with van der Waals surface area (Å²) in [5.41, 5.74) is 0.207.